The maximum absolute atomic E-state index is 13.8. The summed E-state index contributed by atoms with van der Waals surface area (Å²) in [6, 6.07) is 10.4. The highest BCUT2D eigenvalue weighted by Gasteiger charge is 2.14. The number of hydrogen-bond acceptors (Lipinski definition) is 5. The first-order valence-corrected chi connectivity index (χ1v) is 6.02. The van der Waals surface area contributed by atoms with Crippen molar-refractivity contribution in [2.75, 3.05) is 11.5 Å². The Bertz CT molecular complexity index is 738. The predicted molar refractivity (Wildman–Crippen MR) is 75.5 cm³/mol. The van der Waals surface area contributed by atoms with Crippen LogP contribution in [0.15, 0.2) is 36.4 Å². The van der Waals surface area contributed by atoms with E-state index in [4.69, 9.17) is 21.5 Å². The fraction of sp³-hybridized carbons (Fsp3) is 0.0667. The maximum atomic E-state index is 13.8. The summed E-state index contributed by atoms with van der Waals surface area (Å²) in [5.74, 6) is -1.38. The Morgan fingerprint density at radius 3 is 2.71 bits per heavy atom. The number of rotatable bonds is 3. The van der Waals surface area contributed by atoms with Crippen molar-refractivity contribution in [3.05, 3.63) is 58.9 Å². The van der Waals surface area contributed by atoms with Crippen LogP contribution in [0.5, 0.6) is 0 Å². The van der Waals surface area contributed by atoms with Crippen molar-refractivity contribution in [3.63, 3.8) is 0 Å². The van der Waals surface area contributed by atoms with Crippen molar-refractivity contribution in [2.24, 2.45) is 0 Å². The third-order valence-electron chi connectivity index (χ3n) is 2.85. The van der Waals surface area contributed by atoms with Crippen LogP contribution in [0, 0.1) is 17.1 Å². The number of hydrogen-bond donors (Lipinski definition) is 2. The van der Waals surface area contributed by atoms with Crippen molar-refractivity contribution in [1.82, 2.24) is 0 Å². The van der Waals surface area contributed by atoms with Gasteiger partial charge < -0.3 is 16.2 Å². The maximum Gasteiger partial charge on any atom is 0.340 e. The number of halogens is 1. The summed E-state index contributed by atoms with van der Waals surface area (Å²) in [6.45, 7) is -0.288. The number of ether oxygens (including phenoxy) is 1. The van der Waals surface area contributed by atoms with Gasteiger partial charge in [0.1, 0.15) is 18.5 Å². The minimum absolute atomic E-state index is 0.101. The largest absolute Gasteiger partial charge is 0.457 e. The minimum atomic E-state index is -0.696. The molecule has 5 nitrogen and oxygen atoms in total. The van der Waals surface area contributed by atoms with E-state index in [0.29, 0.717) is 5.69 Å². The number of benzene rings is 2. The van der Waals surface area contributed by atoms with E-state index in [0.717, 1.165) is 0 Å². The van der Waals surface area contributed by atoms with Gasteiger partial charge in [-0.3, -0.25) is 0 Å². The number of anilines is 2. The molecule has 0 bridgehead atoms. The first-order chi connectivity index (χ1) is 10.0. The lowest BCUT2D eigenvalue weighted by Crippen LogP contribution is -2.09. The second-order valence-electron chi connectivity index (χ2n) is 4.31. The lowest BCUT2D eigenvalue weighted by molar-refractivity contribution is 0.0470. The van der Waals surface area contributed by atoms with Crippen molar-refractivity contribution in [2.45, 2.75) is 6.61 Å². The van der Waals surface area contributed by atoms with Crippen LogP contribution in [-0.4, -0.2) is 5.97 Å². The number of carbonyl (C=O) groups excluding carboxylic acids is 1. The van der Waals surface area contributed by atoms with Crippen LogP contribution >= 0.6 is 0 Å². The molecule has 0 unspecified atom stereocenters. The van der Waals surface area contributed by atoms with E-state index < -0.39 is 11.8 Å². The van der Waals surface area contributed by atoms with E-state index in [1.54, 1.807) is 6.07 Å². The number of nitrogen functional groups attached to an aromatic ring is 2. The number of nitriles is 1. The van der Waals surface area contributed by atoms with Crippen LogP contribution in [0.2, 0.25) is 0 Å². The van der Waals surface area contributed by atoms with Crippen molar-refractivity contribution in [3.8, 4) is 6.07 Å². The molecule has 2 aromatic carbocycles. The highest BCUT2D eigenvalue weighted by molar-refractivity contribution is 5.95. The van der Waals surface area contributed by atoms with Gasteiger partial charge in [0.2, 0.25) is 0 Å². The van der Waals surface area contributed by atoms with Crippen molar-refractivity contribution in [1.29, 1.82) is 5.26 Å². The molecule has 106 valence electrons. The monoisotopic (exact) mass is 285 g/mol. The van der Waals surface area contributed by atoms with Crippen molar-refractivity contribution >= 4 is 17.3 Å². The van der Waals surface area contributed by atoms with Gasteiger partial charge in [0.05, 0.1) is 11.1 Å². The van der Waals surface area contributed by atoms with Gasteiger partial charge >= 0.3 is 5.97 Å². The Kier molecular flexibility index (Phi) is 4.05. The molecule has 4 N–H and O–H groups in total. The second-order valence-corrected chi connectivity index (χ2v) is 4.31. The molecule has 0 saturated heterocycles. The standard InChI is InChI=1S/C15H12FN3O2/c16-14-9(7-17)2-1-3-10(14)8-21-15(20)12-5-4-11(18)6-13(12)19/h1-6H,8,18-19H2. The molecule has 0 aliphatic heterocycles. The van der Waals surface area contributed by atoms with Gasteiger partial charge in [-0.1, -0.05) is 12.1 Å². The van der Waals surface area contributed by atoms with Crippen LogP contribution in [-0.2, 0) is 11.3 Å². The van der Waals surface area contributed by atoms with E-state index in [-0.39, 0.29) is 29.0 Å². The summed E-state index contributed by atoms with van der Waals surface area (Å²) in [4.78, 5) is 11.9. The SMILES string of the molecule is N#Cc1cccc(COC(=O)c2ccc(N)cc2N)c1F. The fourth-order valence-corrected chi connectivity index (χ4v) is 1.77. The number of esters is 1. The average Bonchev–Trinajstić information content (AvgIpc) is 2.46. The van der Waals surface area contributed by atoms with Crippen LogP contribution in [0.1, 0.15) is 21.5 Å². The third-order valence-corrected chi connectivity index (χ3v) is 2.85. The molecule has 0 spiro atoms. The molecule has 2 rings (SSSR count). The molecule has 2 aromatic rings. The molecule has 0 fully saturated rings. The Balaban J connectivity index is 2.13. The zero-order valence-corrected chi connectivity index (χ0v) is 11.0. The number of nitrogens with two attached hydrogens (primary N) is 2. The minimum Gasteiger partial charge on any atom is -0.457 e. The zero-order chi connectivity index (χ0) is 15.4. The summed E-state index contributed by atoms with van der Waals surface area (Å²) in [5.41, 5.74) is 12.0. The molecule has 21 heavy (non-hydrogen) atoms. The van der Waals surface area contributed by atoms with E-state index in [1.807, 2.05) is 0 Å². The normalized spacial score (nSPS) is 9.90. The quantitative estimate of drug-likeness (QED) is 0.665. The molecule has 0 aromatic heterocycles. The van der Waals surface area contributed by atoms with Gasteiger partial charge in [-0.15, -0.1) is 0 Å². The van der Waals surface area contributed by atoms with Crippen LogP contribution < -0.4 is 11.5 Å². The smallest absolute Gasteiger partial charge is 0.340 e. The summed E-state index contributed by atoms with van der Waals surface area (Å²) in [5, 5.41) is 8.73. The Morgan fingerprint density at radius 2 is 2.05 bits per heavy atom. The first-order valence-electron chi connectivity index (χ1n) is 6.02. The van der Waals surface area contributed by atoms with Gasteiger partial charge in [-0.05, 0) is 24.3 Å². The predicted octanol–water partition coefficient (Wildman–Crippen LogP) is 2.22. The van der Waals surface area contributed by atoms with E-state index >= 15 is 0 Å². The lowest BCUT2D eigenvalue weighted by Gasteiger charge is -2.08. The molecule has 0 aliphatic carbocycles. The lowest BCUT2D eigenvalue weighted by atomic mass is 10.1. The number of nitrogens with zero attached hydrogens (tertiary/aromatic N) is 1. The molecule has 6 heteroatoms. The van der Waals surface area contributed by atoms with Gasteiger partial charge in [0.15, 0.2) is 0 Å². The number of carbonyl (C=O) groups is 1. The molecule has 0 aliphatic rings. The van der Waals surface area contributed by atoms with Gasteiger partial charge in [-0.25, -0.2) is 9.18 Å². The third kappa shape index (κ3) is 3.09. The average molecular weight is 285 g/mol. The molecule has 0 atom stereocenters. The molecular formula is C15H12FN3O2. The van der Waals surface area contributed by atoms with Gasteiger partial charge in [0, 0.05) is 16.9 Å². The summed E-state index contributed by atoms with van der Waals surface area (Å²) < 4.78 is 18.8. The fourth-order valence-electron chi connectivity index (χ4n) is 1.77. The molecule has 0 radical (unpaired) electrons. The Hall–Kier alpha value is -3.07. The van der Waals surface area contributed by atoms with Crippen molar-refractivity contribution < 1.29 is 13.9 Å². The van der Waals surface area contributed by atoms with Crippen LogP contribution in [0.4, 0.5) is 15.8 Å². The van der Waals surface area contributed by atoms with E-state index in [2.05, 4.69) is 0 Å². The second kappa shape index (κ2) is 5.92. The van der Waals surface area contributed by atoms with Crippen LogP contribution in [0.25, 0.3) is 0 Å². The topological polar surface area (TPSA) is 102 Å². The summed E-state index contributed by atoms with van der Waals surface area (Å²) >= 11 is 0. The van der Waals surface area contributed by atoms with E-state index in [1.165, 1.54) is 36.4 Å². The van der Waals surface area contributed by atoms with Gasteiger partial charge in [0.25, 0.3) is 0 Å². The molecular weight excluding hydrogens is 273 g/mol. The zero-order valence-electron chi connectivity index (χ0n) is 11.0. The highest BCUT2D eigenvalue weighted by atomic mass is 19.1. The Morgan fingerprint density at radius 1 is 1.29 bits per heavy atom. The van der Waals surface area contributed by atoms with Gasteiger partial charge in [-0.2, -0.15) is 5.26 Å². The molecule has 0 saturated carbocycles. The summed E-state index contributed by atoms with van der Waals surface area (Å²) in [7, 11) is 0. The Labute approximate surface area is 120 Å². The highest BCUT2D eigenvalue weighted by Crippen LogP contribution is 2.18. The van der Waals surface area contributed by atoms with Crippen LogP contribution in [0.3, 0.4) is 0 Å². The first kappa shape index (κ1) is 14.3. The molecule has 0 amide bonds. The summed E-state index contributed by atoms with van der Waals surface area (Å²) in [6.07, 6.45) is 0. The van der Waals surface area contributed by atoms with E-state index in [9.17, 15) is 9.18 Å². The molecule has 0 heterocycles.